The van der Waals surface area contributed by atoms with E-state index in [9.17, 15) is 0 Å². The van der Waals surface area contributed by atoms with Crippen molar-refractivity contribution in [3.05, 3.63) is 6.33 Å². The van der Waals surface area contributed by atoms with Crippen LogP contribution in [-0.4, -0.2) is 26.6 Å². The minimum Gasteiger partial charge on any atom is -0.328 e. The van der Waals surface area contributed by atoms with Gasteiger partial charge < -0.3 is 5.73 Å². The summed E-state index contributed by atoms with van der Waals surface area (Å²) < 4.78 is 1.79. The first kappa shape index (κ1) is 10.5. The van der Waals surface area contributed by atoms with Gasteiger partial charge in [0.15, 0.2) is 5.16 Å². The molecule has 1 atom stereocenters. The van der Waals surface area contributed by atoms with Gasteiger partial charge in [-0.2, -0.15) is 5.10 Å². The largest absolute Gasteiger partial charge is 0.328 e. The summed E-state index contributed by atoms with van der Waals surface area (Å²) in [6.07, 6.45) is 3.79. The van der Waals surface area contributed by atoms with Crippen molar-refractivity contribution in [3.8, 4) is 0 Å². The van der Waals surface area contributed by atoms with Crippen LogP contribution in [0.3, 0.4) is 0 Å². The number of aromatic nitrogens is 3. The molecule has 5 heteroatoms. The van der Waals surface area contributed by atoms with Crippen molar-refractivity contribution in [2.45, 2.75) is 31.0 Å². The molecule has 1 heterocycles. The number of hydrogen-bond donors (Lipinski definition) is 1. The number of aryl methyl sites for hydroxylation is 1. The van der Waals surface area contributed by atoms with Crippen LogP contribution in [0.4, 0.5) is 0 Å². The number of thioether (sulfide) groups is 1. The molecule has 74 valence electrons. The highest BCUT2D eigenvalue weighted by atomic mass is 32.2. The van der Waals surface area contributed by atoms with E-state index in [1.807, 2.05) is 14.0 Å². The Morgan fingerprint density at radius 2 is 2.46 bits per heavy atom. The summed E-state index contributed by atoms with van der Waals surface area (Å²) in [4.78, 5) is 4.12. The first-order chi connectivity index (χ1) is 6.20. The van der Waals surface area contributed by atoms with Gasteiger partial charge in [0, 0.05) is 18.8 Å². The van der Waals surface area contributed by atoms with Gasteiger partial charge in [-0.3, -0.25) is 0 Å². The highest BCUT2D eigenvalue weighted by Crippen LogP contribution is 2.15. The van der Waals surface area contributed by atoms with E-state index in [0.29, 0.717) is 6.04 Å². The second kappa shape index (κ2) is 5.24. The van der Waals surface area contributed by atoms with Gasteiger partial charge in [0.2, 0.25) is 0 Å². The lowest BCUT2D eigenvalue weighted by Crippen LogP contribution is -2.14. The first-order valence-corrected chi connectivity index (χ1v) is 5.41. The van der Waals surface area contributed by atoms with Crippen molar-refractivity contribution in [1.29, 1.82) is 0 Å². The molecular formula is C8H16N4S. The fourth-order valence-electron chi connectivity index (χ4n) is 0.985. The Morgan fingerprint density at radius 3 is 3.00 bits per heavy atom. The molecule has 0 radical (unpaired) electrons. The highest BCUT2D eigenvalue weighted by Gasteiger charge is 2.00. The molecule has 13 heavy (non-hydrogen) atoms. The Labute approximate surface area is 82.9 Å². The maximum atomic E-state index is 5.64. The maximum Gasteiger partial charge on any atom is 0.185 e. The molecule has 4 nitrogen and oxygen atoms in total. The lowest BCUT2D eigenvalue weighted by molar-refractivity contribution is 0.653. The molecule has 0 amide bonds. The van der Waals surface area contributed by atoms with Crippen molar-refractivity contribution < 1.29 is 0 Å². The van der Waals surface area contributed by atoms with Gasteiger partial charge in [-0.15, -0.1) is 0 Å². The Morgan fingerprint density at radius 1 is 1.69 bits per heavy atom. The van der Waals surface area contributed by atoms with E-state index in [0.717, 1.165) is 23.8 Å². The summed E-state index contributed by atoms with van der Waals surface area (Å²) in [5.41, 5.74) is 5.64. The van der Waals surface area contributed by atoms with E-state index >= 15 is 0 Å². The average molecular weight is 200 g/mol. The smallest absolute Gasteiger partial charge is 0.185 e. The standard InChI is InChI=1S/C8H16N4S/c1-7(9)4-3-5-13-8-10-6-11-12(8)2/h6-7H,3-5,9H2,1-2H3. The van der Waals surface area contributed by atoms with E-state index < -0.39 is 0 Å². The molecule has 0 fully saturated rings. The molecule has 0 aliphatic carbocycles. The molecule has 0 bridgehead atoms. The third kappa shape index (κ3) is 3.78. The fraction of sp³-hybridized carbons (Fsp3) is 0.750. The Kier molecular flexibility index (Phi) is 4.24. The molecular weight excluding hydrogens is 184 g/mol. The second-order valence-corrected chi connectivity index (χ2v) is 4.20. The molecule has 2 N–H and O–H groups in total. The molecule has 0 spiro atoms. The van der Waals surface area contributed by atoms with Crippen molar-refractivity contribution in [2.75, 3.05) is 5.75 Å². The highest BCUT2D eigenvalue weighted by molar-refractivity contribution is 7.99. The van der Waals surface area contributed by atoms with E-state index in [1.165, 1.54) is 0 Å². The summed E-state index contributed by atoms with van der Waals surface area (Å²) in [6.45, 7) is 2.03. The third-order valence-electron chi connectivity index (χ3n) is 1.70. The summed E-state index contributed by atoms with van der Waals surface area (Å²) in [7, 11) is 1.90. The first-order valence-electron chi connectivity index (χ1n) is 4.42. The Hall–Kier alpha value is -0.550. The van der Waals surface area contributed by atoms with Crippen LogP contribution in [0, 0.1) is 0 Å². The van der Waals surface area contributed by atoms with Crippen molar-refractivity contribution in [3.63, 3.8) is 0 Å². The number of rotatable bonds is 5. The fourth-order valence-corrected chi connectivity index (χ4v) is 1.83. The van der Waals surface area contributed by atoms with Crippen molar-refractivity contribution in [2.24, 2.45) is 12.8 Å². The van der Waals surface area contributed by atoms with Gasteiger partial charge in [0.25, 0.3) is 0 Å². The monoisotopic (exact) mass is 200 g/mol. The van der Waals surface area contributed by atoms with Gasteiger partial charge in [-0.1, -0.05) is 11.8 Å². The van der Waals surface area contributed by atoms with Gasteiger partial charge in [-0.25, -0.2) is 9.67 Å². The molecule has 1 rings (SSSR count). The number of nitrogens with two attached hydrogens (primary N) is 1. The van der Waals surface area contributed by atoms with Gasteiger partial charge in [0.05, 0.1) is 0 Å². The van der Waals surface area contributed by atoms with Crippen molar-refractivity contribution in [1.82, 2.24) is 14.8 Å². The molecule has 1 aromatic heterocycles. The minimum absolute atomic E-state index is 0.306. The van der Waals surface area contributed by atoms with Gasteiger partial charge in [0.1, 0.15) is 6.33 Å². The minimum atomic E-state index is 0.306. The van der Waals surface area contributed by atoms with Crippen LogP contribution in [0.2, 0.25) is 0 Å². The zero-order chi connectivity index (χ0) is 9.68. The molecule has 0 aliphatic rings. The predicted molar refractivity (Wildman–Crippen MR) is 54.6 cm³/mol. The lowest BCUT2D eigenvalue weighted by atomic mass is 10.2. The molecule has 1 aromatic rings. The van der Waals surface area contributed by atoms with Crippen LogP contribution in [-0.2, 0) is 7.05 Å². The molecule has 1 unspecified atom stereocenters. The number of hydrogen-bond acceptors (Lipinski definition) is 4. The van der Waals surface area contributed by atoms with Crippen LogP contribution in [0.25, 0.3) is 0 Å². The SMILES string of the molecule is CC(N)CCCSc1ncnn1C. The van der Waals surface area contributed by atoms with E-state index in [1.54, 1.807) is 22.8 Å². The van der Waals surface area contributed by atoms with Crippen LogP contribution in [0.5, 0.6) is 0 Å². The van der Waals surface area contributed by atoms with Crippen LogP contribution < -0.4 is 5.73 Å². The second-order valence-electron chi connectivity index (χ2n) is 3.13. The van der Waals surface area contributed by atoms with E-state index in [4.69, 9.17) is 5.73 Å². The lowest BCUT2D eigenvalue weighted by Gasteiger charge is -2.03. The summed E-state index contributed by atoms with van der Waals surface area (Å²) in [6, 6.07) is 0.306. The molecule has 0 aromatic carbocycles. The van der Waals surface area contributed by atoms with E-state index in [-0.39, 0.29) is 0 Å². The van der Waals surface area contributed by atoms with Crippen LogP contribution >= 0.6 is 11.8 Å². The van der Waals surface area contributed by atoms with Crippen LogP contribution in [0.15, 0.2) is 11.5 Å². The third-order valence-corrected chi connectivity index (χ3v) is 2.83. The van der Waals surface area contributed by atoms with E-state index in [2.05, 4.69) is 10.1 Å². The summed E-state index contributed by atoms with van der Waals surface area (Å²) in [5.74, 6) is 1.06. The maximum absolute atomic E-state index is 5.64. The molecule has 0 aliphatic heterocycles. The van der Waals surface area contributed by atoms with Gasteiger partial charge in [-0.05, 0) is 19.8 Å². The normalized spacial score (nSPS) is 13.2. The van der Waals surface area contributed by atoms with Gasteiger partial charge >= 0.3 is 0 Å². The molecule has 0 saturated carbocycles. The Bertz CT molecular complexity index is 246. The zero-order valence-corrected chi connectivity index (χ0v) is 8.92. The Balaban J connectivity index is 2.17. The zero-order valence-electron chi connectivity index (χ0n) is 8.10. The molecule has 0 saturated heterocycles. The topological polar surface area (TPSA) is 56.7 Å². The predicted octanol–water partition coefficient (Wildman–Crippen LogP) is 1.03. The van der Waals surface area contributed by atoms with Crippen LogP contribution in [0.1, 0.15) is 19.8 Å². The summed E-state index contributed by atoms with van der Waals surface area (Å²) >= 11 is 1.73. The quantitative estimate of drug-likeness (QED) is 0.570. The summed E-state index contributed by atoms with van der Waals surface area (Å²) in [5, 5.41) is 4.97. The number of nitrogens with zero attached hydrogens (tertiary/aromatic N) is 3. The van der Waals surface area contributed by atoms with Crippen molar-refractivity contribution >= 4 is 11.8 Å². The average Bonchev–Trinajstić information content (AvgIpc) is 2.45.